The highest BCUT2D eigenvalue weighted by atomic mass is 15.1. The van der Waals surface area contributed by atoms with Crippen molar-refractivity contribution in [3.63, 3.8) is 0 Å². The molecule has 1 rings (SSSR count). The summed E-state index contributed by atoms with van der Waals surface area (Å²) in [4.78, 5) is 0. The Morgan fingerprint density at radius 1 is 1.67 bits per heavy atom. The van der Waals surface area contributed by atoms with E-state index in [1.165, 1.54) is 6.42 Å². The number of rotatable bonds is 4. The van der Waals surface area contributed by atoms with Crippen molar-refractivity contribution in [1.29, 1.82) is 0 Å². The molecule has 0 spiro atoms. The molecule has 1 atom stereocenters. The molecule has 1 unspecified atom stereocenters. The van der Waals surface area contributed by atoms with Crippen LogP contribution in [0.5, 0.6) is 0 Å². The first-order chi connectivity index (χ1) is 5.77. The summed E-state index contributed by atoms with van der Waals surface area (Å²) in [5.74, 6) is 0. The summed E-state index contributed by atoms with van der Waals surface area (Å²) in [7, 11) is 0. The van der Waals surface area contributed by atoms with Crippen molar-refractivity contribution in [1.82, 2.24) is 4.57 Å². The van der Waals surface area contributed by atoms with Crippen LogP contribution >= 0.6 is 0 Å². The molecule has 0 aliphatic rings. The van der Waals surface area contributed by atoms with Crippen molar-refractivity contribution in [3.05, 3.63) is 31.4 Å². The standard InChI is InChI=1S/C10H17N2/c1-4-6-11-7-8-12(9-11)10(3)5-2/h4,7-10H,1,5-6H2,2-3H3/q+1. The van der Waals surface area contributed by atoms with Crippen LogP contribution in [0.3, 0.4) is 0 Å². The highest BCUT2D eigenvalue weighted by Crippen LogP contribution is 1.99. The molecule has 0 radical (unpaired) electrons. The summed E-state index contributed by atoms with van der Waals surface area (Å²) in [6.45, 7) is 9.01. The molecule has 12 heavy (non-hydrogen) atoms. The number of allylic oxidation sites excluding steroid dienone is 1. The quantitative estimate of drug-likeness (QED) is 0.476. The highest BCUT2D eigenvalue weighted by molar-refractivity contribution is 4.74. The molecule has 0 saturated carbocycles. The maximum absolute atomic E-state index is 3.70. The first-order valence-electron chi connectivity index (χ1n) is 4.45. The zero-order valence-electron chi connectivity index (χ0n) is 7.90. The predicted molar refractivity (Wildman–Crippen MR) is 49.8 cm³/mol. The lowest BCUT2D eigenvalue weighted by molar-refractivity contribution is -0.719. The van der Waals surface area contributed by atoms with Crippen molar-refractivity contribution in [2.24, 2.45) is 0 Å². The molecule has 0 fully saturated rings. The van der Waals surface area contributed by atoms with E-state index in [2.05, 4.69) is 48.3 Å². The molecule has 1 aromatic heterocycles. The molecule has 0 bridgehead atoms. The van der Waals surface area contributed by atoms with Gasteiger partial charge in [-0.05, 0) is 13.3 Å². The van der Waals surface area contributed by atoms with Crippen LogP contribution in [0.25, 0.3) is 0 Å². The Kier molecular flexibility index (Phi) is 3.09. The maximum atomic E-state index is 3.70. The minimum atomic E-state index is 0.594. The molecule has 0 amide bonds. The number of nitrogens with zero attached hydrogens (tertiary/aromatic N) is 2. The second-order valence-electron chi connectivity index (χ2n) is 3.10. The molecule has 0 N–H and O–H groups in total. The molecular weight excluding hydrogens is 148 g/mol. The lowest BCUT2D eigenvalue weighted by Crippen LogP contribution is -2.34. The minimum absolute atomic E-state index is 0.594. The van der Waals surface area contributed by atoms with E-state index in [-0.39, 0.29) is 0 Å². The van der Waals surface area contributed by atoms with Crippen LogP contribution < -0.4 is 4.57 Å². The van der Waals surface area contributed by atoms with Crippen molar-refractivity contribution in [2.75, 3.05) is 0 Å². The summed E-state index contributed by atoms with van der Waals surface area (Å²) in [6.07, 6.45) is 9.38. The molecule has 2 nitrogen and oxygen atoms in total. The minimum Gasteiger partial charge on any atom is -0.234 e. The zero-order valence-corrected chi connectivity index (χ0v) is 7.90. The van der Waals surface area contributed by atoms with Gasteiger partial charge in [-0.3, -0.25) is 0 Å². The van der Waals surface area contributed by atoms with Crippen LogP contribution in [0.1, 0.15) is 26.3 Å². The van der Waals surface area contributed by atoms with Gasteiger partial charge >= 0.3 is 0 Å². The van der Waals surface area contributed by atoms with Crippen molar-refractivity contribution in [2.45, 2.75) is 32.9 Å². The van der Waals surface area contributed by atoms with Gasteiger partial charge in [-0.15, -0.1) is 0 Å². The predicted octanol–water partition coefficient (Wildman–Crippen LogP) is 1.93. The fraction of sp³-hybridized carbons (Fsp3) is 0.500. The van der Waals surface area contributed by atoms with E-state index in [4.69, 9.17) is 0 Å². The van der Waals surface area contributed by atoms with Crippen LogP contribution in [-0.2, 0) is 6.54 Å². The second kappa shape index (κ2) is 4.10. The summed E-state index contributed by atoms with van der Waals surface area (Å²) >= 11 is 0. The molecule has 0 aliphatic heterocycles. The summed E-state index contributed by atoms with van der Waals surface area (Å²) in [5.41, 5.74) is 0. The summed E-state index contributed by atoms with van der Waals surface area (Å²) in [5, 5.41) is 0. The molecule has 1 aromatic rings. The van der Waals surface area contributed by atoms with Gasteiger partial charge in [0.2, 0.25) is 6.33 Å². The van der Waals surface area contributed by atoms with Gasteiger partial charge in [0.05, 0.1) is 6.04 Å². The Morgan fingerprint density at radius 2 is 2.42 bits per heavy atom. The first-order valence-corrected chi connectivity index (χ1v) is 4.45. The van der Waals surface area contributed by atoms with E-state index in [0.29, 0.717) is 6.04 Å². The SMILES string of the molecule is C=CCn1cc[n+](C(C)CC)c1. The van der Waals surface area contributed by atoms with E-state index >= 15 is 0 Å². The monoisotopic (exact) mass is 165 g/mol. The maximum Gasteiger partial charge on any atom is 0.244 e. The Morgan fingerprint density at radius 3 is 3.00 bits per heavy atom. The van der Waals surface area contributed by atoms with Crippen LogP contribution in [0.15, 0.2) is 31.4 Å². The van der Waals surface area contributed by atoms with Crippen LogP contribution in [0, 0.1) is 0 Å². The molecule has 0 aliphatic carbocycles. The number of aromatic nitrogens is 2. The van der Waals surface area contributed by atoms with Gasteiger partial charge in [-0.2, -0.15) is 0 Å². The van der Waals surface area contributed by atoms with E-state index < -0.39 is 0 Å². The molecule has 1 heterocycles. The number of hydrogen-bond donors (Lipinski definition) is 0. The average Bonchev–Trinajstić information content (AvgIpc) is 2.52. The van der Waals surface area contributed by atoms with Crippen LogP contribution in [-0.4, -0.2) is 4.57 Å². The molecule has 0 saturated heterocycles. The van der Waals surface area contributed by atoms with Gasteiger partial charge in [0.1, 0.15) is 18.9 Å². The first kappa shape index (κ1) is 9.04. The van der Waals surface area contributed by atoms with Gasteiger partial charge in [-0.1, -0.05) is 19.6 Å². The lowest BCUT2D eigenvalue weighted by atomic mass is 10.3. The molecule has 2 heteroatoms. The Labute approximate surface area is 74.1 Å². The number of imidazole rings is 1. The normalized spacial score (nSPS) is 12.8. The Hall–Kier alpha value is -1.05. The zero-order chi connectivity index (χ0) is 8.97. The van der Waals surface area contributed by atoms with Crippen molar-refractivity contribution >= 4 is 0 Å². The fourth-order valence-corrected chi connectivity index (χ4v) is 1.14. The van der Waals surface area contributed by atoms with Gasteiger partial charge in [0.15, 0.2) is 0 Å². The Balaban J connectivity index is 2.69. The lowest BCUT2D eigenvalue weighted by Gasteiger charge is -2.01. The van der Waals surface area contributed by atoms with E-state index in [1.54, 1.807) is 0 Å². The summed E-state index contributed by atoms with van der Waals surface area (Å²) < 4.78 is 4.35. The van der Waals surface area contributed by atoms with Crippen molar-refractivity contribution in [3.8, 4) is 0 Å². The topological polar surface area (TPSA) is 8.81 Å². The largest absolute Gasteiger partial charge is 0.244 e. The van der Waals surface area contributed by atoms with Gasteiger partial charge < -0.3 is 0 Å². The third kappa shape index (κ3) is 1.97. The van der Waals surface area contributed by atoms with Gasteiger partial charge in [0.25, 0.3) is 0 Å². The van der Waals surface area contributed by atoms with Crippen molar-refractivity contribution < 1.29 is 4.57 Å². The van der Waals surface area contributed by atoms with E-state index in [0.717, 1.165) is 6.54 Å². The summed E-state index contributed by atoms with van der Waals surface area (Å²) in [6, 6.07) is 0.594. The van der Waals surface area contributed by atoms with E-state index in [1.807, 2.05) is 6.08 Å². The average molecular weight is 165 g/mol. The molecule has 66 valence electrons. The fourth-order valence-electron chi connectivity index (χ4n) is 1.14. The number of hydrogen-bond acceptors (Lipinski definition) is 0. The smallest absolute Gasteiger partial charge is 0.234 e. The third-order valence-corrected chi connectivity index (χ3v) is 2.15. The van der Waals surface area contributed by atoms with Gasteiger partial charge in [-0.25, -0.2) is 9.13 Å². The van der Waals surface area contributed by atoms with Crippen LogP contribution in [0.4, 0.5) is 0 Å². The second-order valence-corrected chi connectivity index (χ2v) is 3.10. The third-order valence-electron chi connectivity index (χ3n) is 2.15. The highest BCUT2D eigenvalue weighted by Gasteiger charge is 2.07. The molecule has 0 aromatic carbocycles. The molecular formula is C10H17N2+. The van der Waals surface area contributed by atoms with Crippen LogP contribution in [0.2, 0.25) is 0 Å². The van der Waals surface area contributed by atoms with E-state index in [9.17, 15) is 0 Å². The van der Waals surface area contributed by atoms with Gasteiger partial charge in [0, 0.05) is 0 Å². The Bertz CT molecular complexity index is 250.